The summed E-state index contributed by atoms with van der Waals surface area (Å²) in [5, 5.41) is 8.78. The highest BCUT2D eigenvalue weighted by Crippen LogP contribution is 2.36. The molecule has 0 unspecified atom stereocenters. The largest absolute Gasteiger partial charge is 0.462 e. The lowest BCUT2D eigenvalue weighted by molar-refractivity contribution is -0.132. The number of ether oxygens (including phenoxy) is 2. The first kappa shape index (κ1) is 37.0. The first-order valence-electron chi connectivity index (χ1n) is 19.8. The van der Waals surface area contributed by atoms with Crippen molar-refractivity contribution in [3.63, 3.8) is 0 Å². The molecule has 18 heteroatoms. The molecule has 304 valence electrons. The number of likely N-dealkylation sites (N-methyl/N-ethyl adjacent to an activating group) is 1. The van der Waals surface area contributed by atoms with Gasteiger partial charge in [-0.25, -0.2) is 23.4 Å². The van der Waals surface area contributed by atoms with Gasteiger partial charge in [-0.05, 0) is 49.7 Å². The maximum absolute atomic E-state index is 15.1. The molecule has 16 nitrogen and oxygen atoms in total. The molecule has 0 aliphatic carbocycles. The van der Waals surface area contributed by atoms with Gasteiger partial charge < -0.3 is 34.1 Å². The van der Waals surface area contributed by atoms with Crippen molar-refractivity contribution < 1.29 is 27.8 Å². The van der Waals surface area contributed by atoms with Gasteiger partial charge in [-0.2, -0.15) is 15.1 Å². The molecule has 8 bridgehead atoms. The maximum atomic E-state index is 15.1. The Morgan fingerprint density at radius 1 is 0.898 bits per heavy atom. The highest BCUT2D eigenvalue weighted by Gasteiger charge is 2.41. The van der Waals surface area contributed by atoms with Crippen molar-refractivity contribution in [2.75, 3.05) is 76.8 Å². The van der Waals surface area contributed by atoms with Gasteiger partial charge in [0.05, 0.1) is 52.2 Å². The Morgan fingerprint density at radius 2 is 1.73 bits per heavy atom. The molecular formula is C41H42F2N12O4. The number of rotatable bonds is 2. The van der Waals surface area contributed by atoms with E-state index in [1.807, 2.05) is 34.6 Å². The van der Waals surface area contributed by atoms with Gasteiger partial charge in [0, 0.05) is 77.6 Å². The Balaban J connectivity index is 1.09. The Labute approximate surface area is 337 Å². The summed E-state index contributed by atoms with van der Waals surface area (Å²) >= 11 is 0. The number of nitrogens with one attached hydrogen (secondary N) is 1. The number of hydrogen-bond donors (Lipinski definition) is 1. The van der Waals surface area contributed by atoms with Crippen LogP contribution in [0.4, 0.5) is 20.4 Å². The summed E-state index contributed by atoms with van der Waals surface area (Å²) < 4.78 is 45.7. The number of benzene rings is 2. The number of aryl methyl sites for hydroxylation is 1. The van der Waals surface area contributed by atoms with Crippen LogP contribution in [0.5, 0.6) is 6.01 Å². The molecule has 6 aromatic rings. The fourth-order valence-corrected chi connectivity index (χ4v) is 8.92. The van der Waals surface area contributed by atoms with Crippen LogP contribution < -0.4 is 15.0 Å². The van der Waals surface area contributed by atoms with Crippen molar-refractivity contribution in [3.8, 4) is 23.0 Å². The lowest BCUT2D eigenvalue weighted by Crippen LogP contribution is -2.49. The number of amides is 2. The third-order valence-corrected chi connectivity index (χ3v) is 11.9. The number of hydrogen-bond acceptors (Lipinski definition) is 12. The summed E-state index contributed by atoms with van der Waals surface area (Å²) in [6.45, 7) is 5.92. The Hall–Kier alpha value is -6.27. The first-order valence-corrected chi connectivity index (χ1v) is 19.8. The molecule has 9 heterocycles. The zero-order valence-corrected chi connectivity index (χ0v) is 32.8. The van der Waals surface area contributed by atoms with Gasteiger partial charge in [0.25, 0.3) is 5.91 Å². The second-order valence-electron chi connectivity index (χ2n) is 15.6. The molecule has 5 aliphatic heterocycles. The summed E-state index contributed by atoms with van der Waals surface area (Å²) in [4.78, 5) is 55.7. The molecule has 2 saturated heterocycles. The highest BCUT2D eigenvalue weighted by molar-refractivity contribution is 5.99. The van der Waals surface area contributed by atoms with Crippen LogP contribution in [-0.2, 0) is 16.1 Å². The van der Waals surface area contributed by atoms with Crippen LogP contribution >= 0.6 is 0 Å². The molecular weight excluding hydrogens is 763 g/mol. The minimum atomic E-state index is -0.700. The average Bonchev–Trinajstić information content (AvgIpc) is 3.94. The van der Waals surface area contributed by atoms with E-state index < -0.39 is 23.8 Å². The smallest absolute Gasteiger partial charge is 0.320 e. The van der Waals surface area contributed by atoms with Crippen LogP contribution in [-0.4, -0.2) is 146 Å². The number of carbonyl (C=O) groups excluding carboxylic acids is 2. The standard InChI is InChI=1S/C41H42F2N12O4/c1-23-45-32-17-25(43)16-28-31-5-4-6-35(47-31)46-26-18-34(40(57)50(2)21-27(58-3)22-53(23)36(28)32)54(20-26)37-30-19-44-55-33-8-7-24(42)15-29(33)39(56)52-11-9-51(10-12-52)13-14-59-41(48-37)49-38(30)55/h4-8,15-17,19,26-27,34H,9-14,18,20-22H2,1-3H3,(H,46,47)/t26-,27-,34-/m0/s1. The number of fused-ring (bicyclic) bond motifs is 9. The predicted octanol–water partition coefficient (Wildman–Crippen LogP) is 3.51. The summed E-state index contributed by atoms with van der Waals surface area (Å²) in [5.74, 6) is 0.241. The van der Waals surface area contributed by atoms with Gasteiger partial charge in [-0.1, -0.05) is 6.07 Å². The van der Waals surface area contributed by atoms with Crippen molar-refractivity contribution >= 4 is 45.5 Å². The van der Waals surface area contributed by atoms with Crippen molar-refractivity contribution in [2.45, 2.75) is 38.1 Å². The number of carbonyl (C=O) groups is 2. The lowest BCUT2D eigenvalue weighted by Gasteiger charge is -2.35. The van der Waals surface area contributed by atoms with Gasteiger partial charge in [0.2, 0.25) is 5.91 Å². The van der Waals surface area contributed by atoms with Gasteiger partial charge in [0.15, 0.2) is 5.65 Å². The van der Waals surface area contributed by atoms with Crippen LogP contribution in [0.15, 0.2) is 54.7 Å². The topological polar surface area (TPSA) is 152 Å². The summed E-state index contributed by atoms with van der Waals surface area (Å²) in [7, 11) is 3.37. The van der Waals surface area contributed by atoms with E-state index in [9.17, 15) is 14.0 Å². The summed E-state index contributed by atoms with van der Waals surface area (Å²) in [6, 6.07) is 11.6. The molecule has 2 amide bonds. The van der Waals surface area contributed by atoms with E-state index in [-0.39, 0.29) is 36.0 Å². The molecule has 0 spiro atoms. The van der Waals surface area contributed by atoms with E-state index in [0.29, 0.717) is 110 Å². The van der Waals surface area contributed by atoms with Gasteiger partial charge in [-0.3, -0.25) is 14.5 Å². The molecule has 3 atom stereocenters. The summed E-state index contributed by atoms with van der Waals surface area (Å²) in [6.07, 6.45) is 1.55. The van der Waals surface area contributed by atoms with Crippen molar-refractivity contribution in [1.82, 2.24) is 49.0 Å². The number of anilines is 2. The molecule has 5 aliphatic rings. The van der Waals surface area contributed by atoms with Gasteiger partial charge >= 0.3 is 6.01 Å². The van der Waals surface area contributed by atoms with Crippen molar-refractivity contribution in [3.05, 3.63) is 77.8 Å². The molecule has 59 heavy (non-hydrogen) atoms. The number of nitrogens with zero attached hydrogens (tertiary/aromatic N) is 11. The fourth-order valence-electron chi connectivity index (χ4n) is 8.92. The van der Waals surface area contributed by atoms with Crippen LogP contribution in [0.2, 0.25) is 0 Å². The first-order chi connectivity index (χ1) is 28.6. The third-order valence-electron chi connectivity index (χ3n) is 11.9. The molecule has 1 N–H and O–H groups in total. The van der Waals surface area contributed by atoms with Gasteiger partial charge in [-0.15, -0.1) is 0 Å². The second-order valence-corrected chi connectivity index (χ2v) is 15.6. The van der Waals surface area contributed by atoms with Crippen LogP contribution in [0.25, 0.3) is 39.0 Å². The minimum Gasteiger partial charge on any atom is -0.462 e. The normalized spacial score (nSPS) is 21.4. The molecule has 0 saturated carbocycles. The molecule has 2 fully saturated rings. The second kappa shape index (κ2) is 14.5. The summed E-state index contributed by atoms with van der Waals surface area (Å²) in [5.41, 5.74) is 3.26. The maximum Gasteiger partial charge on any atom is 0.320 e. The SMILES string of the molecule is CO[C@H]1CN(C)C(=O)[C@@H]2C[C@@H](CN2c2nc3nc4c2cnn4-c2ccc(F)cc2C(=O)N2CCN(CCO3)CC2)Nc2cccc(n2)-c2cc(F)cc3nc(C)n(c23)C1. The van der Waals surface area contributed by atoms with Crippen LogP contribution in [0, 0.1) is 18.6 Å². The minimum absolute atomic E-state index is 0.0831. The lowest BCUT2D eigenvalue weighted by atomic mass is 10.1. The average molecular weight is 805 g/mol. The van der Waals surface area contributed by atoms with E-state index in [2.05, 4.69) is 15.2 Å². The zero-order chi connectivity index (χ0) is 40.5. The van der Waals surface area contributed by atoms with Crippen LogP contribution in [0.1, 0.15) is 22.6 Å². The molecule has 2 aromatic carbocycles. The van der Waals surface area contributed by atoms with E-state index in [1.54, 1.807) is 30.2 Å². The quantitative estimate of drug-likeness (QED) is 0.273. The highest BCUT2D eigenvalue weighted by atomic mass is 19.1. The van der Waals surface area contributed by atoms with Crippen molar-refractivity contribution in [1.29, 1.82) is 0 Å². The third kappa shape index (κ3) is 6.55. The monoisotopic (exact) mass is 804 g/mol. The fraction of sp³-hybridized carbons (Fsp3) is 0.390. The molecule has 4 aromatic heterocycles. The molecule has 0 radical (unpaired) electrons. The van der Waals surface area contributed by atoms with E-state index in [0.717, 1.165) is 5.52 Å². The van der Waals surface area contributed by atoms with E-state index in [4.69, 9.17) is 29.5 Å². The zero-order valence-electron chi connectivity index (χ0n) is 32.8. The Kier molecular flexibility index (Phi) is 9.12. The van der Waals surface area contributed by atoms with Gasteiger partial charge in [0.1, 0.15) is 41.7 Å². The molecule has 11 rings (SSSR count). The van der Waals surface area contributed by atoms with Crippen LogP contribution in [0.3, 0.4) is 0 Å². The predicted molar refractivity (Wildman–Crippen MR) is 214 cm³/mol. The Morgan fingerprint density at radius 3 is 2.56 bits per heavy atom. The van der Waals surface area contributed by atoms with Crippen molar-refractivity contribution in [2.24, 2.45) is 0 Å². The number of aromatic nitrogens is 7. The van der Waals surface area contributed by atoms with E-state index >= 15 is 4.39 Å². The Bertz CT molecular complexity index is 2640. The number of halogens is 2. The number of piperazine rings is 1. The number of imidazole rings is 1. The van der Waals surface area contributed by atoms with E-state index in [1.165, 1.54) is 35.0 Å². The number of pyridine rings is 1. The number of methoxy groups -OCH3 is 1.